The zero-order valence-electron chi connectivity index (χ0n) is 26.6. The highest BCUT2D eigenvalue weighted by Crippen LogP contribution is 2.31. The van der Waals surface area contributed by atoms with Crippen molar-refractivity contribution in [3.05, 3.63) is 168 Å². The summed E-state index contributed by atoms with van der Waals surface area (Å²) in [7, 11) is 0. The van der Waals surface area contributed by atoms with Gasteiger partial charge in [-0.05, 0) is 59.7 Å². The van der Waals surface area contributed by atoms with Gasteiger partial charge in [0.1, 0.15) is 29.8 Å². The van der Waals surface area contributed by atoms with Crippen LogP contribution in [0.1, 0.15) is 31.8 Å². The molecule has 1 saturated heterocycles. The normalized spacial score (nSPS) is 20.2. The second kappa shape index (κ2) is 16.7. The fourth-order valence-corrected chi connectivity index (χ4v) is 5.32. The summed E-state index contributed by atoms with van der Waals surface area (Å²) < 4.78 is 36.3. The van der Waals surface area contributed by atoms with Gasteiger partial charge in [-0.3, -0.25) is 0 Å². The van der Waals surface area contributed by atoms with E-state index in [0.717, 1.165) is 11.1 Å². The van der Waals surface area contributed by atoms with E-state index in [1.54, 1.807) is 78.9 Å². The highest BCUT2D eigenvalue weighted by atomic mass is 16.7. The van der Waals surface area contributed by atoms with Crippen LogP contribution in [0.5, 0.6) is 11.5 Å². The summed E-state index contributed by atoms with van der Waals surface area (Å²) in [6, 6.07) is 42.7. The minimum atomic E-state index is -1.36. The van der Waals surface area contributed by atoms with E-state index in [1.807, 2.05) is 66.7 Å². The molecule has 1 N–H and O–H groups in total. The molecular weight excluding hydrogens is 624 g/mol. The molecule has 5 aromatic rings. The number of benzene rings is 5. The van der Waals surface area contributed by atoms with Crippen molar-refractivity contribution in [1.82, 2.24) is 0 Å². The van der Waals surface area contributed by atoms with E-state index >= 15 is 0 Å². The quantitative estimate of drug-likeness (QED) is 0.113. The Balaban J connectivity index is 1.22. The van der Waals surface area contributed by atoms with E-state index in [1.165, 1.54) is 0 Å². The maximum atomic E-state index is 13.3. The molecule has 0 bridgehead atoms. The first-order chi connectivity index (χ1) is 24.0. The summed E-state index contributed by atoms with van der Waals surface area (Å²) >= 11 is 0. The number of carbonyl (C=O) groups excluding carboxylic acids is 2. The Morgan fingerprint density at radius 1 is 0.592 bits per heavy atom. The molecule has 0 spiro atoms. The zero-order valence-corrected chi connectivity index (χ0v) is 26.6. The zero-order chi connectivity index (χ0) is 33.8. The molecule has 1 aliphatic rings. The average Bonchev–Trinajstić information content (AvgIpc) is 3.15. The van der Waals surface area contributed by atoms with Crippen LogP contribution in [-0.2, 0) is 32.2 Å². The largest absolute Gasteiger partial charge is 0.461 e. The predicted octanol–water partition coefficient (Wildman–Crippen LogP) is 6.40. The molecule has 1 fully saturated rings. The van der Waals surface area contributed by atoms with Crippen LogP contribution in [0, 0.1) is 0 Å². The van der Waals surface area contributed by atoms with E-state index in [0.29, 0.717) is 29.2 Å². The van der Waals surface area contributed by atoms with Gasteiger partial charge < -0.3 is 33.5 Å². The Morgan fingerprint density at radius 2 is 1.10 bits per heavy atom. The first-order valence-corrected chi connectivity index (χ1v) is 15.9. The Kier molecular flexibility index (Phi) is 11.4. The van der Waals surface area contributed by atoms with Crippen molar-refractivity contribution >= 4 is 11.9 Å². The lowest BCUT2D eigenvalue weighted by atomic mass is 9.98. The topological polar surface area (TPSA) is 110 Å². The van der Waals surface area contributed by atoms with Gasteiger partial charge >= 0.3 is 11.9 Å². The van der Waals surface area contributed by atoms with Crippen LogP contribution in [0.15, 0.2) is 146 Å². The third-order valence-electron chi connectivity index (χ3n) is 7.84. The molecule has 0 aromatic heterocycles. The SMILES string of the molecule is O=C(Oc1ccc(O[C@H]2O[C@H](COCc3ccccc3)[C@H](OCc3ccccc3)[C@H](O)[C@H]2OC(=O)c2ccccc2)cc1)c1ccccc1. The number of hydrogen-bond donors (Lipinski definition) is 1. The molecule has 6 rings (SSSR count). The summed E-state index contributed by atoms with van der Waals surface area (Å²) in [5.74, 6) is -0.532. The van der Waals surface area contributed by atoms with E-state index in [2.05, 4.69) is 0 Å². The standard InChI is InChI=1S/C40H36O9/c41-35-36(45-26-29-15-7-2-8-16-29)34(27-44-25-28-13-5-1-6-14-28)48-40(37(35)49-39(43)31-19-11-4-12-20-31)47-33-23-21-32(22-24-33)46-38(42)30-17-9-3-10-18-30/h1-24,34-37,40-41H,25-27H2/t34-,35+,36+,37-,40+/m1/s1. The molecule has 1 heterocycles. The molecule has 250 valence electrons. The van der Waals surface area contributed by atoms with Crippen LogP contribution in [0.25, 0.3) is 0 Å². The lowest BCUT2D eigenvalue weighted by Gasteiger charge is -2.43. The van der Waals surface area contributed by atoms with Crippen molar-refractivity contribution in [3.8, 4) is 11.5 Å². The molecular formula is C40H36O9. The van der Waals surface area contributed by atoms with Gasteiger partial charge in [-0.25, -0.2) is 9.59 Å². The van der Waals surface area contributed by atoms with E-state index in [-0.39, 0.29) is 13.2 Å². The van der Waals surface area contributed by atoms with Crippen molar-refractivity contribution in [3.63, 3.8) is 0 Å². The van der Waals surface area contributed by atoms with Crippen LogP contribution in [0.2, 0.25) is 0 Å². The lowest BCUT2D eigenvalue weighted by molar-refractivity contribution is -0.289. The summed E-state index contributed by atoms with van der Waals surface area (Å²) in [6.07, 6.45) is -5.63. The molecule has 9 heteroatoms. The third kappa shape index (κ3) is 9.19. The van der Waals surface area contributed by atoms with Crippen LogP contribution in [0.3, 0.4) is 0 Å². The third-order valence-corrected chi connectivity index (χ3v) is 7.84. The Labute approximate surface area is 284 Å². The minimum absolute atomic E-state index is 0.0546. The fourth-order valence-electron chi connectivity index (χ4n) is 5.32. The number of ether oxygens (including phenoxy) is 6. The maximum Gasteiger partial charge on any atom is 0.343 e. The molecule has 0 radical (unpaired) electrons. The molecule has 0 amide bonds. The highest BCUT2D eigenvalue weighted by Gasteiger charge is 2.49. The van der Waals surface area contributed by atoms with Gasteiger partial charge in [-0.15, -0.1) is 0 Å². The van der Waals surface area contributed by atoms with Crippen molar-refractivity contribution < 1.29 is 43.1 Å². The lowest BCUT2D eigenvalue weighted by Crippen LogP contribution is -2.62. The van der Waals surface area contributed by atoms with Crippen molar-refractivity contribution in [2.75, 3.05) is 6.61 Å². The van der Waals surface area contributed by atoms with Crippen molar-refractivity contribution in [2.24, 2.45) is 0 Å². The van der Waals surface area contributed by atoms with Gasteiger partial charge in [0.05, 0.1) is 30.9 Å². The first-order valence-electron chi connectivity index (χ1n) is 15.9. The van der Waals surface area contributed by atoms with Gasteiger partial charge in [-0.2, -0.15) is 0 Å². The Morgan fingerprint density at radius 3 is 1.69 bits per heavy atom. The van der Waals surface area contributed by atoms with Gasteiger partial charge in [0.15, 0.2) is 6.10 Å². The second-order valence-electron chi connectivity index (χ2n) is 11.4. The molecule has 5 atom stereocenters. The van der Waals surface area contributed by atoms with Gasteiger partial charge in [0, 0.05) is 0 Å². The Hall–Kier alpha value is -5.32. The molecule has 9 nitrogen and oxygen atoms in total. The fraction of sp³-hybridized carbons (Fsp3) is 0.200. The van der Waals surface area contributed by atoms with Gasteiger partial charge in [0.2, 0.25) is 6.29 Å². The van der Waals surface area contributed by atoms with Gasteiger partial charge in [-0.1, -0.05) is 97.1 Å². The monoisotopic (exact) mass is 660 g/mol. The van der Waals surface area contributed by atoms with E-state index < -0.39 is 42.6 Å². The molecule has 0 aliphatic carbocycles. The van der Waals surface area contributed by atoms with Crippen LogP contribution in [0.4, 0.5) is 0 Å². The number of carbonyl (C=O) groups is 2. The van der Waals surface area contributed by atoms with Gasteiger partial charge in [0.25, 0.3) is 0 Å². The molecule has 49 heavy (non-hydrogen) atoms. The summed E-state index contributed by atoms with van der Waals surface area (Å²) in [4.78, 5) is 25.8. The molecule has 0 unspecified atom stereocenters. The average molecular weight is 661 g/mol. The smallest absolute Gasteiger partial charge is 0.343 e. The molecule has 5 aromatic carbocycles. The van der Waals surface area contributed by atoms with Crippen molar-refractivity contribution in [2.45, 2.75) is 43.9 Å². The predicted molar refractivity (Wildman–Crippen MR) is 180 cm³/mol. The van der Waals surface area contributed by atoms with Crippen molar-refractivity contribution in [1.29, 1.82) is 0 Å². The number of hydrogen-bond acceptors (Lipinski definition) is 9. The minimum Gasteiger partial charge on any atom is -0.461 e. The van der Waals surface area contributed by atoms with Crippen LogP contribution >= 0.6 is 0 Å². The molecule has 0 saturated carbocycles. The van der Waals surface area contributed by atoms with E-state index in [4.69, 9.17) is 28.4 Å². The highest BCUT2D eigenvalue weighted by molar-refractivity contribution is 5.91. The number of aliphatic hydroxyl groups is 1. The van der Waals surface area contributed by atoms with E-state index in [9.17, 15) is 14.7 Å². The maximum absolute atomic E-state index is 13.3. The molecule has 1 aliphatic heterocycles. The second-order valence-corrected chi connectivity index (χ2v) is 11.4. The number of aliphatic hydroxyl groups excluding tert-OH is 1. The Bertz CT molecular complexity index is 1750. The first kappa shape index (κ1) is 33.6. The van der Waals surface area contributed by atoms with Crippen LogP contribution < -0.4 is 9.47 Å². The van der Waals surface area contributed by atoms with Crippen LogP contribution in [-0.4, -0.2) is 54.4 Å². The summed E-state index contributed by atoms with van der Waals surface area (Å²) in [5, 5.41) is 11.8. The number of esters is 2. The summed E-state index contributed by atoms with van der Waals surface area (Å²) in [5.41, 5.74) is 2.58. The summed E-state index contributed by atoms with van der Waals surface area (Å²) in [6.45, 7) is 0.539. The number of rotatable bonds is 13.